The number of aromatic hydroxyl groups is 1. The number of halogens is 1. The predicted molar refractivity (Wildman–Crippen MR) is 78.2 cm³/mol. The van der Waals surface area contributed by atoms with E-state index < -0.39 is 0 Å². The van der Waals surface area contributed by atoms with E-state index >= 15 is 0 Å². The Kier molecular flexibility index (Phi) is 4.04. The topological polar surface area (TPSA) is 66.0 Å². The third-order valence-electron chi connectivity index (χ3n) is 2.67. The monoisotopic (exact) mass is 322 g/mol. The van der Waals surface area contributed by atoms with Crippen LogP contribution < -0.4 is 5.56 Å². The molecule has 1 aromatic carbocycles. The second kappa shape index (κ2) is 5.57. The van der Waals surface area contributed by atoms with Gasteiger partial charge in [0.25, 0.3) is 5.56 Å². The van der Waals surface area contributed by atoms with Crippen molar-refractivity contribution in [3.63, 3.8) is 0 Å². The van der Waals surface area contributed by atoms with Crippen molar-refractivity contribution >= 4 is 15.9 Å². The highest BCUT2D eigenvalue weighted by atomic mass is 79.9. The van der Waals surface area contributed by atoms with Gasteiger partial charge in [0.2, 0.25) is 0 Å². The van der Waals surface area contributed by atoms with Crippen molar-refractivity contribution in [1.29, 1.82) is 0 Å². The van der Waals surface area contributed by atoms with Crippen LogP contribution in [0.3, 0.4) is 0 Å². The summed E-state index contributed by atoms with van der Waals surface area (Å²) in [5.74, 6) is 1.12. The SMILES string of the molecule is CC(C)Cc1nc(-c2ccc(O)cc2)[nH]c(=O)c1Br. The Balaban J connectivity index is 2.50. The molecule has 0 atom stereocenters. The standard InChI is InChI=1S/C14H15BrN2O2/c1-8(2)7-11-12(15)14(19)17-13(16-11)9-3-5-10(18)6-4-9/h3-6,8,18H,7H2,1-2H3,(H,16,17,19). The van der Waals surface area contributed by atoms with Gasteiger partial charge >= 0.3 is 0 Å². The lowest BCUT2D eigenvalue weighted by molar-refractivity contribution is 0.475. The molecule has 5 heteroatoms. The fraction of sp³-hybridized carbons (Fsp3) is 0.286. The summed E-state index contributed by atoms with van der Waals surface area (Å²) in [6.07, 6.45) is 0.732. The fourth-order valence-electron chi connectivity index (χ4n) is 1.78. The molecule has 1 heterocycles. The summed E-state index contributed by atoms with van der Waals surface area (Å²) in [4.78, 5) is 19.1. The molecule has 2 rings (SSSR count). The molecule has 100 valence electrons. The molecule has 0 unspecified atom stereocenters. The first-order chi connectivity index (χ1) is 8.97. The van der Waals surface area contributed by atoms with Gasteiger partial charge in [-0.25, -0.2) is 4.98 Å². The zero-order valence-corrected chi connectivity index (χ0v) is 12.4. The molecule has 0 amide bonds. The molecule has 0 saturated heterocycles. The average Bonchev–Trinajstić information content (AvgIpc) is 2.35. The highest BCUT2D eigenvalue weighted by Gasteiger charge is 2.11. The number of hydrogen-bond donors (Lipinski definition) is 2. The number of rotatable bonds is 3. The lowest BCUT2D eigenvalue weighted by atomic mass is 10.1. The smallest absolute Gasteiger partial charge is 0.265 e. The number of aromatic nitrogens is 2. The lowest BCUT2D eigenvalue weighted by Gasteiger charge is -2.09. The molecule has 4 nitrogen and oxygen atoms in total. The molecule has 0 bridgehead atoms. The summed E-state index contributed by atoms with van der Waals surface area (Å²) in [6, 6.07) is 6.58. The van der Waals surface area contributed by atoms with Gasteiger partial charge in [-0.05, 0) is 52.5 Å². The van der Waals surface area contributed by atoms with Gasteiger partial charge in [0.1, 0.15) is 16.0 Å². The summed E-state index contributed by atoms with van der Waals surface area (Å²) in [5.41, 5.74) is 1.34. The van der Waals surface area contributed by atoms with Gasteiger partial charge in [0.15, 0.2) is 0 Å². The summed E-state index contributed by atoms with van der Waals surface area (Å²) >= 11 is 3.28. The Morgan fingerprint density at radius 2 is 1.95 bits per heavy atom. The zero-order chi connectivity index (χ0) is 14.0. The van der Waals surface area contributed by atoms with Crippen LogP contribution in [0.15, 0.2) is 33.5 Å². The van der Waals surface area contributed by atoms with Crippen LogP contribution in [-0.2, 0) is 6.42 Å². The molecule has 0 fully saturated rings. The van der Waals surface area contributed by atoms with E-state index in [1.54, 1.807) is 24.3 Å². The van der Waals surface area contributed by atoms with Crippen LogP contribution in [0, 0.1) is 5.92 Å². The van der Waals surface area contributed by atoms with Gasteiger partial charge < -0.3 is 10.1 Å². The molecule has 0 aliphatic heterocycles. The van der Waals surface area contributed by atoms with Crippen LogP contribution in [0.2, 0.25) is 0 Å². The van der Waals surface area contributed by atoms with E-state index in [-0.39, 0.29) is 11.3 Å². The molecule has 19 heavy (non-hydrogen) atoms. The number of aromatic amines is 1. The molecule has 1 aromatic heterocycles. The first-order valence-electron chi connectivity index (χ1n) is 6.05. The van der Waals surface area contributed by atoms with Crippen molar-refractivity contribution in [2.24, 2.45) is 5.92 Å². The van der Waals surface area contributed by atoms with Crippen molar-refractivity contribution in [3.05, 3.63) is 44.8 Å². The van der Waals surface area contributed by atoms with Crippen LogP contribution in [-0.4, -0.2) is 15.1 Å². The predicted octanol–water partition coefficient (Wildman–Crippen LogP) is 3.10. The van der Waals surface area contributed by atoms with E-state index in [2.05, 4.69) is 39.7 Å². The molecule has 0 spiro atoms. The van der Waals surface area contributed by atoms with Gasteiger partial charge in [-0.3, -0.25) is 4.79 Å². The van der Waals surface area contributed by atoms with E-state index in [0.29, 0.717) is 16.2 Å². The Hall–Kier alpha value is -1.62. The van der Waals surface area contributed by atoms with Gasteiger partial charge in [0.05, 0.1) is 5.69 Å². The van der Waals surface area contributed by atoms with E-state index in [0.717, 1.165) is 17.7 Å². The van der Waals surface area contributed by atoms with Crippen molar-refractivity contribution in [3.8, 4) is 17.1 Å². The van der Waals surface area contributed by atoms with Gasteiger partial charge in [-0.15, -0.1) is 0 Å². The fourth-order valence-corrected chi connectivity index (χ4v) is 2.13. The quantitative estimate of drug-likeness (QED) is 0.912. The van der Waals surface area contributed by atoms with E-state index in [4.69, 9.17) is 0 Å². The van der Waals surface area contributed by atoms with Crippen molar-refractivity contribution in [2.45, 2.75) is 20.3 Å². The van der Waals surface area contributed by atoms with Crippen LogP contribution in [0.25, 0.3) is 11.4 Å². The highest BCUT2D eigenvalue weighted by molar-refractivity contribution is 9.10. The van der Waals surface area contributed by atoms with Crippen LogP contribution in [0.5, 0.6) is 5.75 Å². The molecule has 0 saturated carbocycles. The maximum atomic E-state index is 11.9. The normalized spacial score (nSPS) is 10.9. The number of phenolic OH excluding ortho intramolecular Hbond substituents is 1. The minimum absolute atomic E-state index is 0.186. The molecule has 0 aliphatic rings. The van der Waals surface area contributed by atoms with E-state index in [9.17, 15) is 9.90 Å². The zero-order valence-electron chi connectivity index (χ0n) is 10.8. The van der Waals surface area contributed by atoms with Gasteiger partial charge in [0, 0.05) is 5.56 Å². The Bertz CT molecular complexity index is 633. The maximum absolute atomic E-state index is 11.9. The summed E-state index contributed by atoms with van der Waals surface area (Å²) in [5, 5.41) is 9.28. The molecule has 2 N–H and O–H groups in total. The number of hydrogen-bond acceptors (Lipinski definition) is 3. The largest absolute Gasteiger partial charge is 0.508 e. The van der Waals surface area contributed by atoms with Crippen LogP contribution in [0.1, 0.15) is 19.5 Å². The molecule has 2 aromatic rings. The maximum Gasteiger partial charge on any atom is 0.265 e. The third kappa shape index (κ3) is 3.23. The van der Waals surface area contributed by atoms with E-state index in [1.807, 2.05) is 0 Å². The number of H-pyrrole nitrogens is 1. The van der Waals surface area contributed by atoms with Crippen LogP contribution in [0.4, 0.5) is 0 Å². The summed E-state index contributed by atoms with van der Waals surface area (Å²) < 4.78 is 0.490. The van der Waals surface area contributed by atoms with Crippen molar-refractivity contribution in [1.82, 2.24) is 9.97 Å². The number of benzene rings is 1. The Morgan fingerprint density at radius 1 is 1.32 bits per heavy atom. The van der Waals surface area contributed by atoms with Gasteiger partial charge in [-0.2, -0.15) is 0 Å². The lowest BCUT2D eigenvalue weighted by Crippen LogP contribution is -2.14. The Morgan fingerprint density at radius 3 is 2.53 bits per heavy atom. The second-order valence-corrected chi connectivity index (χ2v) is 5.61. The first kappa shape index (κ1) is 13.8. The van der Waals surface area contributed by atoms with E-state index in [1.165, 1.54) is 0 Å². The first-order valence-corrected chi connectivity index (χ1v) is 6.84. The molecule has 0 aliphatic carbocycles. The molecule has 0 radical (unpaired) electrons. The number of nitrogens with one attached hydrogen (secondary N) is 1. The molecular formula is C14H15BrN2O2. The number of nitrogens with zero attached hydrogens (tertiary/aromatic N) is 1. The van der Waals surface area contributed by atoms with Crippen molar-refractivity contribution < 1.29 is 5.11 Å². The second-order valence-electron chi connectivity index (χ2n) is 4.82. The third-order valence-corrected chi connectivity index (χ3v) is 3.49. The van der Waals surface area contributed by atoms with Crippen LogP contribution >= 0.6 is 15.9 Å². The van der Waals surface area contributed by atoms with Crippen molar-refractivity contribution in [2.75, 3.05) is 0 Å². The minimum atomic E-state index is -0.186. The summed E-state index contributed by atoms with van der Waals surface area (Å²) in [6.45, 7) is 4.16. The highest BCUT2D eigenvalue weighted by Crippen LogP contribution is 2.20. The van der Waals surface area contributed by atoms with Gasteiger partial charge in [-0.1, -0.05) is 13.8 Å². The minimum Gasteiger partial charge on any atom is -0.508 e. The average molecular weight is 323 g/mol. The summed E-state index contributed by atoms with van der Waals surface area (Å²) in [7, 11) is 0. The number of phenols is 1. The Labute approximate surface area is 119 Å². The molecular weight excluding hydrogens is 308 g/mol.